The first kappa shape index (κ1) is 41.3. The molecule has 6 rings (SSSR count). The van der Waals surface area contributed by atoms with Crippen LogP contribution in [0.5, 0.6) is 0 Å². The van der Waals surface area contributed by atoms with Crippen LogP contribution in [0.4, 0.5) is 0 Å². The number of hydrogen-bond donors (Lipinski definition) is 5. The van der Waals surface area contributed by atoms with Gasteiger partial charge in [-0.15, -0.1) is 0 Å². The number of ether oxygens (including phenoxy) is 2. The fraction of sp³-hybridized carbons (Fsp3) is 0.949. The number of Topliss-reactive ketones (excluding diaryl/α,β-unsaturated/α-hetero) is 1. The van der Waals surface area contributed by atoms with Crippen molar-refractivity contribution in [1.82, 2.24) is 5.32 Å². The van der Waals surface area contributed by atoms with Crippen molar-refractivity contribution < 1.29 is 34.4 Å². The van der Waals surface area contributed by atoms with E-state index in [1.54, 1.807) is 0 Å². The van der Waals surface area contributed by atoms with E-state index in [2.05, 4.69) is 19.2 Å². The lowest BCUT2D eigenvalue weighted by Crippen LogP contribution is -2.40. The number of nitrogens with two attached hydrogens (primary N) is 1. The maximum atomic E-state index is 12.0. The van der Waals surface area contributed by atoms with Crippen molar-refractivity contribution in [2.75, 3.05) is 0 Å². The Kier molecular flexibility index (Phi) is 20.1. The number of aliphatic hydroxyl groups excluding tert-OH is 2. The van der Waals surface area contributed by atoms with Gasteiger partial charge in [-0.05, 0) is 70.1 Å². The summed E-state index contributed by atoms with van der Waals surface area (Å²) in [7, 11) is 0. The summed E-state index contributed by atoms with van der Waals surface area (Å²) in [6.07, 6.45) is 28.9. The zero-order valence-electron chi connectivity index (χ0n) is 30.5. The van der Waals surface area contributed by atoms with Gasteiger partial charge in [-0.25, -0.2) is 4.79 Å². The Balaban J connectivity index is 0.000000180. The number of carbonyl (C=O) groups excluding carboxylic acids is 1. The Bertz CT molecular complexity index is 852. The number of hydrogen-bond acceptors (Lipinski definition) is 8. The lowest BCUT2D eigenvalue weighted by atomic mass is 9.82. The molecule has 0 aromatic carbocycles. The Labute approximate surface area is 291 Å². The van der Waals surface area contributed by atoms with Crippen LogP contribution < -0.4 is 11.1 Å². The molecule has 0 bridgehead atoms. The van der Waals surface area contributed by atoms with Crippen molar-refractivity contribution >= 4 is 11.8 Å². The Morgan fingerprint density at radius 2 is 1.10 bits per heavy atom. The third-order valence-electron chi connectivity index (χ3n) is 11.2. The molecule has 6 fully saturated rings. The summed E-state index contributed by atoms with van der Waals surface area (Å²) in [5, 5.41) is 31.1. The standard InChI is InChI=1S/C14H24O3.C12H23N.C7H12O3.C6H13NO/c1-2-3-8-13-14(17-13)12(16)9-10-6-4-5-7-11(10)15;1-3-7-11(8-4-1)13-12-9-5-2-6-10-12;1-2-3-4-5-6(10-5)7(8)9;7-5-3-1-2-4-6(5)8/h10-11,13-15H,2-9H2,1H3;11-13H,1-10H2;5-6H,2-4H2,1H3,(H,8,9);5-6,8H,1-4,7H2/t10-,11+,13-,14-;;5-,6+;5-,6-/m1.10/s1. The van der Waals surface area contributed by atoms with Crippen molar-refractivity contribution in [3.05, 3.63) is 0 Å². The number of rotatable bonds is 12. The minimum absolute atomic E-state index is 0.0115. The topological polar surface area (TPSA) is 158 Å². The Morgan fingerprint density at radius 1 is 0.646 bits per heavy atom. The van der Waals surface area contributed by atoms with E-state index in [0.29, 0.717) is 6.42 Å². The maximum Gasteiger partial charge on any atom is 0.335 e. The van der Waals surface area contributed by atoms with Crippen LogP contribution in [0.25, 0.3) is 0 Å². The van der Waals surface area contributed by atoms with E-state index < -0.39 is 12.1 Å². The molecule has 0 amide bonds. The molecule has 2 saturated heterocycles. The zero-order chi connectivity index (χ0) is 34.7. The molecule has 2 heterocycles. The predicted octanol–water partition coefficient (Wildman–Crippen LogP) is 6.97. The summed E-state index contributed by atoms with van der Waals surface area (Å²) >= 11 is 0. The number of unbranched alkanes of at least 4 members (excludes halogenated alkanes) is 2. The summed E-state index contributed by atoms with van der Waals surface area (Å²) in [5.74, 6) is -0.412. The molecule has 0 aromatic heterocycles. The predicted molar refractivity (Wildman–Crippen MR) is 191 cm³/mol. The molecule has 0 unspecified atom stereocenters. The van der Waals surface area contributed by atoms with Crippen LogP contribution in [0.1, 0.15) is 174 Å². The fourth-order valence-electron chi connectivity index (χ4n) is 7.85. The van der Waals surface area contributed by atoms with Gasteiger partial charge in [0.15, 0.2) is 11.9 Å². The van der Waals surface area contributed by atoms with Crippen molar-refractivity contribution in [2.45, 2.75) is 229 Å². The summed E-state index contributed by atoms with van der Waals surface area (Å²) in [6, 6.07) is 1.80. The van der Waals surface area contributed by atoms with E-state index in [0.717, 1.165) is 95.6 Å². The van der Waals surface area contributed by atoms with E-state index in [1.807, 2.05) is 0 Å². The van der Waals surface area contributed by atoms with Gasteiger partial charge in [-0.2, -0.15) is 0 Å². The second-order valence-corrected chi connectivity index (χ2v) is 15.4. The number of nitrogens with one attached hydrogen (secondary N) is 1. The second-order valence-electron chi connectivity index (χ2n) is 15.4. The molecule has 6 aliphatic rings. The average molecular weight is 681 g/mol. The fourth-order valence-corrected chi connectivity index (χ4v) is 7.85. The molecule has 0 aromatic rings. The van der Waals surface area contributed by atoms with E-state index in [-0.39, 0.29) is 48.3 Å². The maximum absolute atomic E-state index is 12.0. The van der Waals surface area contributed by atoms with Gasteiger partial charge in [0.2, 0.25) is 0 Å². The van der Waals surface area contributed by atoms with E-state index in [4.69, 9.17) is 25.4 Å². The first-order valence-corrected chi connectivity index (χ1v) is 20.2. The van der Waals surface area contributed by atoms with Crippen LogP contribution in [0.2, 0.25) is 0 Å². The molecule has 0 radical (unpaired) electrons. The van der Waals surface area contributed by atoms with Gasteiger partial charge in [0.05, 0.1) is 24.4 Å². The van der Waals surface area contributed by atoms with Gasteiger partial charge >= 0.3 is 5.97 Å². The minimum atomic E-state index is -0.818. The molecule has 48 heavy (non-hydrogen) atoms. The number of ketones is 1. The SMILES string of the molecule is C1CCC(NC2CCCCC2)CC1.CCCC[C@H]1O[C@@H]1C(=O)C[C@H]1CCCC[C@@H]1O.CCCC[C@H]1O[C@@H]1C(=O)O.N[C@H]1CCCC[C@@H]1O. The largest absolute Gasteiger partial charge is 0.479 e. The van der Waals surface area contributed by atoms with Crippen molar-refractivity contribution in [3.8, 4) is 0 Å². The van der Waals surface area contributed by atoms with Gasteiger partial charge in [-0.3, -0.25) is 4.79 Å². The van der Waals surface area contributed by atoms with Crippen LogP contribution in [0.3, 0.4) is 0 Å². The molecule has 2 aliphatic heterocycles. The van der Waals surface area contributed by atoms with Crippen molar-refractivity contribution in [2.24, 2.45) is 11.7 Å². The molecule has 8 atom stereocenters. The zero-order valence-corrected chi connectivity index (χ0v) is 30.5. The molecule has 4 aliphatic carbocycles. The summed E-state index contributed by atoms with van der Waals surface area (Å²) in [4.78, 5) is 22.2. The first-order valence-electron chi connectivity index (χ1n) is 20.2. The molecule has 4 saturated carbocycles. The number of epoxide rings is 2. The van der Waals surface area contributed by atoms with Gasteiger partial charge in [0.25, 0.3) is 0 Å². The third kappa shape index (κ3) is 16.3. The Hall–Kier alpha value is -1.10. The highest BCUT2D eigenvalue weighted by atomic mass is 16.6. The second kappa shape index (κ2) is 23.4. The average Bonchev–Trinajstić information content (AvgIpc) is 4.03. The van der Waals surface area contributed by atoms with Gasteiger partial charge in [0, 0.05) is 24.5 Å². The third-order valence-corrected chi connectivity index (χ3v) is 11.2. The number of carbonyl (C=O) groups is 2. The van der Waals surface area contributed by atoms with Crippen LogP contribution in [-0.2, 0) is 19.1 Å². The molecule has 0 spiro atoms. The van der Waals surface area contributed by atoms with Crippen LogP contribution in [0, 0.1) is 5.92 Å². The van der Waals surface area contributed by atoms with E-state index in [1.165, 1.54) is 70.6 Å². The number of aliphatic carboxylic acids is 1. The van der Waals surface area contributed by atoms with Crippen molar-refractivity contribution in [3.63, 3.8) is 0 Å². The van der Waals surface area contributed by atoms with Crippen LogP contribution in [0.15, 0.2) is 0 Å². The Morgan fingerprint density at radius 3 is 1.54 bits per heavy atom. The summed E-state index contributed by atoms with van der Waals surface area (Å²) < 4.78 is 10.3. The molecule has 9 heteroatoms. The molecular weight excluding hydrogens is 608 g/mol. The highest BCUT2D eigenvalue weighted by Crippen LogP contribution is 2.33. The monoisotopic (exact) mass is 681 g/mol. The number of aliphatic hydroxyl groups is 2. The van der Waals surface area contributed by atoms with Gasteiger partial charge in [0.1, 0.15) is 6.10 Å². The molecule has 9 nitrogen and oxygen atoms in total. The molecule has 280 valence electrons. The van der Waals surface area contributed by atoms with Crippen molar-refractivity contribution in [1.29, 1.82) is 0 Å². The highest BCUT2D eigenvalue weighted by Gasteiger charge is 2.45. The van der Waals surface area contributed by atoms with Crippen LogP contribution in [-0.4, -0.2) is 81.8 Å². The highest BCUT2D eigenvalue weighted by molar-refractivity contribution is 5.86. The number of carboxylic acids is 1. The van der Waals surface area contributed by atoms with E-state index >= 15 is 0 Å². The molecule has 6 N–H and O–H groups in total. The first-order chi connectivity index (χ1) is 23.2. The smallest absolute Gasteiger partial charge is 0.335 e. The van der Waals surface area contributed by atoms with Crippen LogP contribution >= 0.6 is 0 Å². The quantitative estimate of drug-likeness (QED) is 0.137. The summed E-state index contributed by atoms with van der Waals surface area (Å²) in [6.45, 7) is 4.23. The normalized spacial score (nSPS) is 33.4. The van der Waals surface area contributed by atoms with E-state index in [9.17, 15) is 14.7 Å². The lowest BCUT2D eigenvalue weighted by molar-refractivity contribution is -0.138. The molecular formula is C39H72N2O7. The van der Waals surface area contributed by atoms with Gasteiger partial charge < -0.3 is 35.8 Å². The number of carboxylic acid groups (broad SMARTS) is 1. The minimum Gasteiger partial charge on any atom is -0.479 e. The lowest BCUT2D eigenvalue weighted by Gasteiger charge is -2.30. The van der Waals surface area contributed by atoms with Gasteiger partial charge in [-0.1, -0.05) is 104 Å². The summed E-state index contributed by atoms with van der Waals surface area (Å²) in [5.41, 5.74) is 5.53.